The molecule has 500 valence electrons. The van der Waals surface area contributed by atoms with Crippen LogP contribution in [0.25, 0.3) is 0 Å². The Bertz CT molecular complexity index is 1590. The van der Waals surface area contributed by atoms with Crippen molar-refractivity contribution < 1.29 is 37.3 Å². The Balaban J connectivity index is 4.96. The van der Waals surface area contributed by atoms with E-state index < -0.39 is 20.0 Å². The van der Waals surface area contributed by atoms with Crippen molar-refractivity contribution in [3.63, 3.8) is 0 Å². The Hall–Kier alpha value is -2.03. The topological polar surface area (TPSA) is 114 Å². The van der Waals surface area contributed by atoms with E-state index in [4.69, 9.17) is 13.8 Å². The van der Waals surface area contributed by atoms with Crippen LogP contribution in [0.4, 0.5) is 0 Å². The molecule has 0 aliphatic carbocycles. The van der Waals surface area contributed by atoms with Gasteiger partial charge in [0.05, 0.1) is 33.8 Å². The first kappa shape index (κ1) is 83.0. The van der Waals surface area contributed by atoms with E-state index in [1.165, 1.54) is 263 Å². The van der Waals surface area contributed by atoms with Gasteiger partial charge >= 0.3 is 5.97 Å². The third kappa shape index (κ3) is 66.2. The molecule has 10 heteroatoms. The van der Waals surface area contributed by atoms with Crippen LogP contribution in [0.15, 0.2) is 48.6 Å². The highest BCUT2D eigenvalue weighted by Gasteiger charge is 2.27. The van der Waals surface area contributed by atoms with Gasteiger partial charge in [-0.3, -0.25) is 14.2 Å². The standard InChI is InChI=1S/C75H143N2O7P/c1-7-10-13-16-19-22-25-27-29-31-33-35-37-38-40-42-44-46-48-50-53-56-59-62-65-68-75(79)84-73(66-63-60-57-54-51-24-21-18-15-12-9-3)72(71-83-85(80,81)82-70-69-77(4,5)6)76-74(78)67-64-61-58-55-52-49-47-45-43-41-39-36-34-32-30-28-26-23-20-17-14-11-8-2/h19,22,27,29,33,35,63,66,72-73H,7-18,20-21,23-26,28,30-32,34,36-62,64-65,67-71H2,1-6H3,(H-,76,78,80,81)/b22-19-,29-27-,35-33-,66-63+. The summed E-state index contributed by atoms with van der Waals surface area (Å²) in [5, 5.41) is 3.05. The van der Waals surface area contributed by atoms with Gasteiger partial charge in [-0.25, -0.2) is 0 Å². The molecule has 0 heterocycles. The minimum absolute atomic E-state index is 0.0204. The third-order valence-corrected chi connectivity index (χ3v) is 17.7. The molecule has 0 saturated carbocycles. The average Bonchev–Trinajstić information content (AvgIpc) is 3.58. The number of hydrogen-bond donors (Lipinski definition) is 1. The number of hydrogen-bond acceptors (Lipinski definition) is 7. The molecule has 0 bridgehead atoms. The minimum atomic E-state index is -4.70. The van der Waals surface area contributed by atoms with Gasteiger partial charge in [0, 0.05) is 12.8 Å². The van der Waals surface area contributed by atoms with Crippen molar-refractivity contribution in [1.29, 1.82) is 0 Å². The van der Waals surface area contributed by atoms with E-state index in [-0.39, 0.29) is 31.5 Å². The number of esters is 1. The molecule has 3 unspecified atom stereocenters. The highest BCUT2D eigenvalue weighted by molar-refractivity contribution is 7.45. The van der Waals surface area contributed by atoms with Crippen LogP contribution in [0.1, 0.15) is 367 Å². The molecule has 0 radical (unpaired) electrons. The first-order valence-corrected chi connectivity index (χ1v) is 38.4. The minimum Gasteiger partial charge on any atom is -0.756 e. The SMILES string of the molecule is CCCCC/C=C\C/C=C\C/C=C\CCCCCCCCCCCCCCC(=O)OC(/C=C/CCCCCCCCCCC)C(COP(=O)([O-])OCC[N+](C)(C)C)NC(=O)CCCCCCCCCCCCCCCCCCCCCCCCC. The van der Waals surface area contributed by atoms with Crippen molar-refractivity contribution in [3.05, 3.63) is 48.6 Å². The second kappa shape index (κ2) is 64.9. The normalized spacial score (nSPS) is 13.7. The zero-order valence-electron chi connectivity index (χ0n) is 57.3. The van der Waals surface area contributed by atoms with E-state index in [2.05, 4.69) is 62.5 Å². The summed E-state index contributed by atoms with van der Waals surface area (Å²) >= 11 is 0. The van der Waals surface area contributed by atoms with Gasteiger partial charge < -0.3 is 28.5 Å². The Morgan fingerprint density at radius 2 is 0.718 bits per heavy atom. The number of unbranched alkanes of at least 4 members (excludes halogenated alkanes) is 46. The first-order chi connectivity index (χ1) is 41.4. The van der Waals surface area contributed by atoms with E-state index in [0.29, 0.717) is 17.4 Å². The number of nitrogens with zero attached hydrogens (tertiary/aromatic N) is 1. The van der Waals surface area contributed by atoms with Gasteiger partial charge in [-0.1, -0.05) is 333 Å². The number of amides is 1. The van der Waals surface area contributed by atoms with Crippen molar-refractivity contribution >= 4 is 19.7 Å². The number of phosphoric ester groups is 1. The Labute approximate surface area is 529 Å². The first-order valence-electron chi connectivity index (χ1n) is 36.9. The summed E-state index contributed by atoms with van der Waals surface area (Å²) in [4.78, 5) is 40.2. The molecule has 0 aromatic rings. The second-order valence-electron chi connectivity index (χ2n) is 26.5. The van der Waals surface area contributed by atoms with Crippen LogP contribution in [-0.2, 0) is 27.9 Å². The van der Waals surface area contributed by atoms with Crippen LogP contribution in [0, 0.1) is 0 Å². The van der Waals surface area contributed by atoms with E-state index in [9.17, 15) is 19.0 Å². The monoisotopic (exact) mass is 1220 g/mol. The fraction of sp³-hybridized carbons (Fsp3) is 0.867. The van der Waals surface area contributed by atoms with Gasteiger partial charge in [-0.05, 0) is 70.3 Å². The quantitative estimate of drug-likeness (QED) is 0.0212. The highest BCUT2D eigenvalue weighted by Crippen LogP contribution is 2.38. The van der Waals surface area contributed by atoms with Crippen molar-refractivity contribution in [3.8, 4) is 0 Å². The number of likely N-dealkylation sites (N-methyl/N-ethyl adjacent to an activating group) is 1. The number of carbonyl (C=O) groups is 2. The van der Waals surface area contributed by atoms with Crippen LogP contribution >= 0.6 is 7.82 Å². The lowest BCUT2D eigenvalue weighted by atomic mass is 10.0. The lowest BCUT2D eigenvalue weighted by Crippen LogP contribution is -2.47. The summed E-state index contributed by atoms with van der Waals surface area (Å²) in [5.41, 5.74) is 0. The molecule has 9 nitrogen and oxygen atoms in total. The van der Waals surface area contributed by atoms with Gasteiger partial charge in [0.1, 0.15) is 19.3 Å². The molecule has 1 N–H and O–H groups in total. The van der Waals surface area contributed by atoms with Crippen molar-refractivity contribution in [2.75, 3.05) is 40.9 Å². The van der Waals surface area contributed by atoms with Crippen molar-refractivity contribution in [2.45, 2.75) is 380 Å². The molecule has 0 aliphatic heterocycles. The number of phosphoric acid groups is 1. The van der Waals surface area contributed by atoms with Gasteiger partial charge in [-0.15, -0.1) is 0 Å². The van der Waals surface area contributed by atoms with Crippen LogP contribution in [0.5, 0.6) is 0 Å². The molecule has 0 spiro atoms. The van der Waals surface area contributed by atoms with Gasteiger partial charge in [0.25, 0.3) is 7.82 Å². The molecule has 1 amide bonds. The smallest absolute Gasteiger partial charge is 0.306 e. The van der Waals surface area contributed by atoms with E-state index in [0.717, 1.165) is 70.6 Å². The third-order valence-electron chi connectivity index (χ3n) is 16.8. The second-order valence-corrected chi connectivity index (χ2v) is 27.9. The predicted molar refractivity (Wildman–Crippen MR) is 367 cm³/mol. The van der Waals surface area contributed by atoms with E-state index in [1.54, 1.807) is 0 Å². The zero-order valence-corrected chi connectivity index (χ0v) is 58.2. The summed E-state index contributed by atoms with van der Waals surface area (Å²) < 4.78 is 30.5. The average molecular weight is 1220 g/mol. The highest BCUT2D eigenvalue weighted by atomic mass is 31.2. The largest absolute Gasteiger partial charge is 0.756 e. The number of ether oxygens (including phenoxy) is 1. The molecule has 0 saturated heterocycles. The van der Waals surface area contributed by atoms with Crippen molar-refractivity contribution in [2.24, 2.45) is 0 Å². The summed E-state index contributed by atoms with van der Waals surface area (Å²) in [5.74, 6) is -0.525. The molecular formula is C75H143N2O7P. The van der Waals surface area contributed by atoms with Crippen LogP contribution in [0.3, 0.4) is 0 Å². The Morgan fingerprint density at radius 1 is 0.412 bits per heavy atom. The number of rotatable bonds is 68. The van der Waals surface area contributed by atoms with E-state index >= 15 is 0 Å². The summed E-state index contributed by atoms with van der Waals surface area (Å²) in [7, 11) is 1.20. The fourth-order valence-corrected chi connectivity index (χ4v) is 11.8. The lowest BCUT2D eigenvalue weighted by Gasteiger charge is -2.30. The molecule has 0 aromatic carbocycles. The van der Waals surface area contributed by atoms with Gasteiger partial charge in [-0.2, -0.15) is 0 Å². The number of allylic oxidation sites excluding steroid dienone is 7. The number of quaternary nitrogens is 1. The summed E-state index contributed by atoms with van der Waals surface area (Å²) in [6.45, 7) is 6.87. The summed E-state index contributed by atoms with van der Waals surface area (Å²) in [6.07, 6.45) is 82.4. The maximum Gasteiger partial charge on any atom is 0.306 e. The Morgan fingerprint density at radius 3 is 1.09 bits per heavy atom. The fourth-order valence-electron chi connectivity index (χ4n) is 11.1. The predicted octanol–water partition coefficient (Wildman–Crippen LogP) is 22.9. The lowest BCUT2D eigenvalue weighted by molar-refractivity contribution is -0.870. The van der Waals surface area contributed by atoms with Crippen LogP contribution in [0.2, 0.25) is 0 Å². The maximum absolute atomic E-state index is 13.6. The molecule has 85 heavy (non-hydrogen) atoms. The molecule has 0 fully saturated rings. The number of carbonyl (C=O) groups excluding carboxylic acids is 2. The molecule has 3 atom stereocenters. The van der Waals surface area contributed by atoms with Crippen molar-refractivity contribution in [1.82, 2.24) is 5.32 Å². The molecule has 0 rings (SSSR count). The van der Waals surface area contributed by atoms with Crippen LogP contribution in [-0.4, -0.2) is 69.4 Å². The van der Waals surface area contributed by atoms with Gasteiger partial charge in [0.15, 0.2) is 0 Å². The Kier molecular flexibility index (Phi) is 63.4. The number of nitrogens with one attached hydrogen (secondary N) is 1. The summed E-state index contributed by atoms with van der Waals surface area (Å²) in [6, 6.07) is -0.887. The maximum atomic E-state index is 13.6. The van der Waals surface area contributed by atoms with Crippen LogP contribution < -0.4 is 10.2 Å². The molecule has 0 aromatic heterocycles. The van der Waals surface area contributed by atoms with E-state index in [1.807, 2.05) is 33.3 Å². The zero-order chi connectivity index (χ0) is 62.1. The molecule has 0 aliphatic rings. The van der Waals surface area contributed by atoms with Gasteiger partial charge in [0.2, 0.25) is 5.91 Å². The molecular weight excluding hydrogens is 1070 g/mol.